The number of nitrogens with zero attached hydrogens (tertiary/aromatic N) is 4. The number of carbonyl (C=O) groups excluding carboxylic acids is 1. The molecule has 16 heteroatoms. The first-order valence-electron chi connectivity index (χ1n) is 10.8. The van der Waals surface area contributed by atoms with Crippen LogP contribution in [0.5, 0.6) is 5.88 Å². The lowest BCUT2D eigenvalue weighted by Crippen LogP contribution is -2.60. The van der Waals surface area contributed by atoms with Gasteiger partial charge in [0.05, 0.1) is 24.2 Å². The maximum absolute atomic E-state index is 14.6. The van der Waals surface area contributed by atoms with E-state index in [-0.39, 0.29) is 27.8 Å². The van der Waals surface area contributed by atoms with Crippen molar-refractivity contribution in [3.8, 4) is 5.88 Å². The van der Waals surface area contributed by atoms with E-state index in [9.17, 15) is 31.1 Å². The number of rotatable bonds is 5. The lowest BCUT2D eigenvalue weighted by molar-refractivity contribution is -0.249. The minimum Gasteiger partial charge on any atom is -0.389 e. The second kappa shape index (κ2) is 9.62. The molecule has 0 radical (unpaired) electrons. The quantitative estimate of drug-likeness (QED) is 0.420. The summed E-state index contributed by atoms with van der Waals surface area (Å²) >= 11 is 6.10. The molecule has 2 atom stereocenters. The number of aliphatic imine (C=N–C) groups is 1. The van der Waals surface area contributed by atoms with Gasteiger partial charge in [-0.15, -0.1) is 0 Å². The molecule has 0 aromatic carbocycles. The van der Waals surface area contributed by atoms with E-state index >= 15 is 0 Å². The molecule has 3 N–H and O–H groups in total. The van der Waals surface area contributed by atoms with Crippen LogP contribution in [0.2, 0.25) is 5.02 Å². The van der Waals surface area contributed by atoms with Gasteiger partial charge in [-0.1, -0.05) is 11.6 Å². The third-order valence-corrected chi connectivity index (χ3v) is 6.09. The highest BCUT2D eigenvalue weighted by atomic mass is 35.5. The molecule has 1 aliphatic rings. The Kier molecular flexibility index (Phi) is 6.95. The largest absolute Gasteiger partial charge is 0.424 e. The zero-order valence-corrected chi connectivity index (χ0v) is 20.4. The fraction of sp³-hybridized carbons (Fsp3) is 0.364. The number of nitrogens with two attached hydrogens (primary N) is 1. The molecule has 38 heavy (non-hydrogen) atoms. The Morgan fingerprint density at radius 1 is 1.29 bits per heavy atom. The summed E-state index contributed by atoms with van der Waals surface area (Å²) in [5.41, 5.74) is 1.01. The van der Waals surface area contributed by atoms with Crippen molar-refractivity contribution < 1.29 is 40.6 Å². The standard InChI is InChI=1S/C22H19ClF6N6O3/c1-20(9-37-21(2,18(30)34-20)22(27,28)29)16-11(24)3-4-15(32-16)33-19(36)38-17-10(23)7-13-12(31-17)5-6-35(13)8-14(25)26/h3-7,14H,8-9H2,1-2H3,(H2,30,34)(H,32,33,36). The van der Waals surface area contributed by atoms with Crippen LogP contribution in [0.3, 0.4) is 0 Å². The van der Waals surface area contributed by atoms with Crippen molar-refractivity contribution in [1.29, 1.82) is 0 Å². The Labute approximate surface area is 215 Å². The zero-order chi connectivity index (χ0) is 28.0. The topological polar surface area (TPSA) is 117 Å². The Bertz CT molecular complexity index is 1430. The van der Waals surface area contributed by atoms with Gasteiger partial charge in [0.15, 0.2) is 0 Å². The Balaban J connectivity index is 1.55. The van der Waals surface area contributed by atoms with Crippen molar-refractivity contribution in [1.82, 2.24) is 14.5 Å². The van der Waals surface area contributed by atoms with Gasteiger partial charge < -0.3 is 19.8 Å². The maximum atomic E-state index is 14.6. The van der Waals surface area contributed by atoms with Crippen LogP contribution in [-0.2, 0) is 16.8 Å². The number of halogens is 7. The summed E-state index contributed by atoms with van der Waals surface area (Å²) in [7, 11) is 0. The number of anilines is 1. The van der Waals surface area contributed by atoms with Gasteiger partial charge in [0.1, 0.15) is 33.7 Å². The number of hydrogen-bond acceptors (Lipinski definition) is 7. The molecular formula is C22H19ClF6N6O3. The SMILES string of the molecule is CC1(c2nc(NC(=O)Oc3nc4ccn(CC(F)F)c4cc3Cl)ccc2F)COC(C)(C(F)(F)F)C(N)=N1. The number of aromatic nitrogens is 3. The van der Waals surface area contributed by atoms with E-state index < -0.39 is 60.3 Å². The van der Waals surface area contributed by atoms with Gasteiger partial charge in [-0.2, -0.15) is 13.2 Å². The zero-order valence-electron chi connectivity index (χ0n) is 19.6. The molecule has 4 heterocycles. The molecule has 2 unspecified atom stereocenters. The highest BCUT2D eigenvalue weighted by Gasteiger charge is 2.59. The molecule has 0 fully saturated rings. The minimum atomic E-state index is -4.87. The Morgan fingerprint density at radius 3 is 2.63 bits per heavy atom. The molecule has 204 valence electrons. The van der Waals surface area contributed by atoms with Crippen LogP contribution in [0, 0.1) is 5.82 Å². The van der Waals surface area contributed by atoms with Crippen LogP contribution in [0.15, 0.2) is 35.5 Å². The van der Waals surface area contributed by atoms with E-state index in [0.29, 0.717) is 6.92 Å². The van der Waals surface area contributed by atoms with Crippen LogP contribution in [-0.4, -0.2) is 51.3 Å². The molecule has 0 spiro atoms. The fourth-order valence-corrected chi connectivity index (χ4v) is 3.85. The summed E-state index contributed by atoms with van der Waals surface area (Å²) < 4.78 is 91.5. The van der Waals surface area contributed by atoms with E-state index in [0.717, 1.165) is 12.1 Å². The summed E-state index contributed by atoms with van der Waals surface area (Å²) in [6.07, 6.45) is -7.26. The second-order valence-electron chi connectivity index (χ2n) is 8.67. The summed E-state index contributed by atoms with van der Waals surface area (Å²) in [6, 6.07) is 4.71. The van der Waals surface area contributed by atoms with Gasteiger partial charge in [0.25, 0.3) is 6.43 Å². The first-order valence-corrected chi connectivity index (χ1v) is 11.2. The summed E-state index contributed by atoms with van der Waals surface area (Å²) in [6.45, 7) is 0.665. The molecular weight excluding hydrogens is 546 g/mol. The number of nitrogens with one attached hydrogen (secondary N) is 1. The van der Waals surface area contributed by atoms with E-state index in [1.165, 1.54) is 29.8 Å². The average Bonchev–Trinajstić information content (AvgIpc) is 3.18. The number of pyridine rings is 2. The monoisotopic (exact) mass is 564 g/mol. The normalized spacial score (nSPS) is 22.0. The third-order valence-electron chi connectivity index (χ3n) is 5.82. The van der Waals surface area contributed by atoms with Crippen molar-refractivity contribution in [2.45, 2.75) is 44.1 Å². The Hall–Kier alpha value is -3.59. The van der Waals surface area contributed by atoms with Gasteiger partial charge >= 0.3 is 12.3 Å². The van der Waals surface area contributed by atoms with Gasteiger partial charge in [0, 0.05) is 6.20 Å². The number of carbonyl (C=O) groups is 1. The molecule has 0 saturated carbocycles. The van der Waals surface area contributed by atoms with E-state index in [1.54, 1.807) is 0 Å². The molecule has 0 aliphatic carbocycles. The molecule has 4 rings (SSSR count). The minimum absolute atomic E-state index is 0.154. The number of ether oxygens (including phenoxy) is 2. The number of hydrogen-bond donors (Lipinski definition) is 2. The van der Waals surface area contributed by atoms with Gasteiger partial charge in [-0.25, -0.2) is 27.9 Å². The van der Waals surface area contributed by atoms with Crippen molar-refractivity contribution >= 4 is 40.4 Å². The fourth-order valence-electron chi connectivity index (χ4n) is 3.67. The lowest BCUT2D eigenvalue weighted by Gasteiger charge is -2.40. The molecule has 1 aliphatic heterocycles. The number of fused-ring (bicyclic) bond motifs is 1. The predicted octanol–water partition coefficient (Wildman–Crippen LogP) is 5.02. The second-order valence-corrected chi connectivity index (χ2v) is 9.08. The third kappa shape index (κ3) is 5.07. The summed E-state index contributed by atoms with van der Waals surface area (Å²) in [5.74, 6) is -2.45. The number of alkyl halides is 5. The maximum Gasteiger partial charge on any atom is 0.424 e. The molecule has 0 saturated heterocycles. The van der Waals surface area contributed by atoms with Crippen LogP contribution in [0.25, 0.3) is 11.0 Å². The van der Waals surface area contributed by atoms with Gasteiger partial charge in [-0.05, 0) is 38.1 Å². The molecule has 9 nitrogen and oxygen atoms in total. The summed E-state index contributed by atoms with van der Waals surface area (Å²) in [4.78, 5) is 24.3. The molecule has 0 bridgehead atoms. The first-order chi connectivity index (χ1) is 17.6. The average molecular weight is 565 g/mol. The van der Waals surface area contributed by atoms with Crippen molar-refractivity contribution in [2.24, 2.45) is 10.7 Å². The summed E-state index contributed by atoms with van der Waals surface area (Å²) in [5, 5.41) is 2.08. The van der Waals surface area contributed by atoms with Gasteiger partial charge in [-0.3, -0.25) is 10.3 Å². The van der Waals surface area contributed by atoms with E-state index in [2.05, 4.69) is 20.3 Å². The number of amides is 1. The van der Waals surface area contributed by atoms with Crippen LogP contribution < -0.4 is 15.8 Å². The van der Waals surface area contributed by atoms with Crippen LogP contribution in [0.4, 0.5) is 37.0 Å². The lowest BCUT2D eigenvalue weighted by atomic mass is 9.93. The van der Waals surface area contributed by atoms with Gasteiger partial charge in [0.2, 0.25) is 11.5 Å². The Morgan fingerprint density at radius 2 is 2.00 bits per heavy atom. The van der Waals surface area contributed by atoms with Crippen LogP contribution >= 0.6 is 11.6 Å². The highest BCUT2D eigenvalue weighted by molar-refractivity contribution is 6.32. The van der Waals surface area contributed by atoms with Crippen molar-refractivity contribution in [3.05, 3.63) is 47.0 Å². The van der Waals surface area contributed by atoms with E-state index in [4.69, 9.17) is 26.8 Å². The van der Waals surface area contributed by atoms with Crippen LogP contribution in [0.1, 0.15) is 19.5 Å². The van der Waals surface area contributed by atoms with Crippen molar-refractivity contribution in [3.63, 3.8) is 0 Å². The van der Waals surface area contributed by atoms with E-state index in [1.807, 2.05) is 0 Å². The molecule has 3 aromatic heterocycles. The highest BCUT2D eigenvalue weighted by Crippen LogP contribution is 2.41. The number of amidine groups is 1. The predicted molar refractivity (Wildman–Crippen MR) is 124 cm³/mol. The molecule has 1 amide bonds. The molecule has 3 aromatic rings. The smallest absolute Gasteiger partial charge is 0.389 e. The first kappa shape index (κ1) is 27.4. The van der Waals surface area contributed by atoms with Crippen molar-refractivity contribution in [2.75, 3.05) is 11.9 Å².